The van der Waals surface area contributed by atoms with Crippen molar-refractivity contribution in [2.45, 2.75) is 25.8 Å². The molecule has 0 aliphatic heterocycles. The number of hydrogen-bond acceptors (Lipinski definition) is 4. The minimum Gasteiger partial charge on any atom is -0.493 e. The Morgan fingerprint density at radius 3 is 2.58 bits per heavy atom. The fourth-order valence-electron chi connectivity index (χ4n) is 4.11. The molecule has 0 fully saturated rings. The van der Waals surface area contributed by atoms with Crippen LogP contribution < -0.4 is 15.8 Å². The lowest BCUT2D eigenvalue weighted by molar-refractivity contribution is 0.0911. The van der Waals surface area contributed by atoms with Crippen molar-refractivity contribution in [2.24, 2.45) is 5.73 Å². The summed E-state index contributed by atoms with van der Waals surface area (Å²) in [5.41, 5.74) is 9.37. The van der Waals surface area contributed by atoms with Gasteiger partial charge in [-0.25, -0.2) is 0 Å². The van der Waals surface area contributed by atoms with E-state index in [9.17, 15) is 14.7 Å². The van der Waals surface area contributed by atoms with Gasteiger partial charge in [-0.05, 0) is 59.9 Å². The monoisotopic (exact) mass is 507 g/mol. The maximum absolute atomic E-state index is 13.4. The zero-order chi connectivity index (χ0) is 25.7. The third-order valence-electron chi connectivity index (χ3n) is 5.95. The highest BCUT2D eigenvalue weighted by atomic mass is 35.5. The first-order valence-electron chi connectivity index (χ1n) is 11.7. The zero-order valence-electron chi connectivity index (χ0n) is 19.9. The molecule has 4 rings (SSSR count). The van der Waals surface area contributed by atoms with E-state index in [0.717, 1.165) is 34.0 Å². The number of aliphatic hydroxyl groups is 1. The Hall–Kier alpha value is -3.81. The van der Waals surface area contributed by atoms with Gasteiger partial charge in [-0.3, -0.25) is 9.59 Å². The van der Waals surface area contributed by atoms with Crippen LogP contribution >= 0.6 is 11.6 Å². The Labute approximate surface area is 215 Å². The number of H-pyrrole nitrogens is 1. The van der Waals surface area contributed by atoms with Gasteiger partial charge < -0.3 is 25.9 Å². The van der Waals surface area contributed by atoms with Gasteiger partial charge in [0.05, 0.1) is 35.4 Å². The number of rotatable bonds is 10. The summed E-state index contributed by atoms with van der Waals surface area (Å²) in [5.74, 6) is -0.524. The van der Waals surface area contributed by atoms with Crippen LogP contribution in [-0.4, -0.2) is 41.2 Å². The minimum absolute atomic E-state index is 0. The highest BCUT2D eigenvalue weighted by Crippen LogP contribution is 2.30. The number of halogens is 1. The number of nitrogens with two attached hydrogens (primary N) is 1. The summed E-state index contributed by atoms with van der Waals surface area (Å²) in [7, 11) is 0. The number of hydrogen-bond donors (Lipinski definition) is 4. The van der Waals surface area contributed by atoms with Crippen molar-refractivity contribution in [3.8, 4) is 16.9 Å². The summed E-state index contributed by atoms with van der Waals surface area (Å²) >= 11 is 6.24. The SMILES string of the molecule is CCCOc1ccc(-c2ccc(C(N)=O)c(Cl)c2)cc1C(=O)N[C@@H](CO)Cc1c[nH]c2ccccc12.[HH]. The Kier molecular flexibility index (Phi) is 7.93. The third kappa shape index (κ3) is 5.53. The molecule has 0 saturated heterocycles. The number of amides is 2. The summed E-state index contributed by atoms with van der Waals surface area (Å²) in [5, 5.41) is 14.3. The van der Waals surface area contributed by atoms with Gasteiger partial charge in [0.25, 0.3) is 5.91 Å². The second kappa shape index (κ2) is 11.3. The van der Waals surface area contributed by atoms with Crippen molar-refractivity contribution < 1.29 is 20.9 Å². The largest absolute Gasteiger partial charge is 0.493 e. The molecule has 0 aliphatic carbocycles. The van der Waals surface area contributed by atoms with E-state index >= 15 is 0 Å². The molecule has 0 bridgehead atoms. The predicted octanol–water partition coefficient (Wildman–Crippen LogP) is 4.96. The quantitative estimate of drug-likeness (QED) is 0.243. The van der Waals surface area contributed by atoms with Crippen LogP contribution in [0.15, 0.2) is 66.9 Å². The van der Waals surface area contributed by atoms with Crippen LogP contribution in [0.4, 0.5) is 0 Å². The molecule has 0 aliphatic rings. The molecule has 0 radical (unpaired) electrons. The van der Waals surface area contributed by atoms with Crippen LogP contribution in [0.3, 0.4) is 0 Å². The summed E-state index contributed by atoms with van der Waals surface area (Å²) in [6.45, 7) is 2.22. The van der Waals surface area contributed by atoms with Crippen molar-refractivity contribution in [2.75, 3.05) is 13.2 Å². The first kappa shape index (κ1) is 25.3. The summed E-state index contributed by atoms with van der Waals surface area (Å²) < 4.78 is 5.84. The Balaban J connectivity index is 0.00000380. The molecule has 3 aromatic carbocycles. The molecule has 188 valence electrons. The maximum Gasteiger partial charge on any atom is 0.255 e. The molecule has 1 aromatic heterocycles. The molecule has 0 unspecified atom stereocenters. The number of para-hydroxylation sites is 1. The Morgan fingerprint density at radius 2 is 1.86 bits per heavy atom. The third-order valence-corrected chi connectivity index (χ3v) is 6.26. The first-order valence-corrected chi connectivity index (χ1v) is 12.1. The fourth-order valence-corrected chi connectivity index (χ4v) is 4.38. The van der Waals surface area contributed by atoms with Crippen molar-refractivity contribution in [1.29, 1.82) is 0 Å². The minimum atomic E-state index is -0.611. The molecule has 0 saturated carbocycles. The topological polar surface area (TPSA) is 117 Å². The van der Waals surface area contributed by atoms with Gasteiger partial charge in [0.2, 0.25) is 5.91 Å². The second-order valence-electron chi connectivity index (χ2n) is 8.53. The summed E-state index contributed by atoms with van der Waals surface area (Å²) in [6, 6.07) is 17.6. The van der Waals surface area contributed by atoms with Crippen LogP contribution in [0.5, 0.6) is 5.75 Å². The molecule has 5 N–H and O–H groups in total. The molecule has 2 amide bonds. The van der Waals surface area contributed by atoms with E-state index in [0.29, 0.717) is 24.3 Å². The van der Waals surface area contributed by atoms with Crippen molar-refractivity contribution >= 4 is 34.3 Å². The van der Waals surface area contributed by atoms with E-state index in [-0.39, 0.29) is 24.5 Å². The van der Waals surface area contributed by atoms with E-state index in [1.165, 1.54) is 0 Å². The van der Waals surface area contributed by atoms with E-state index in [2.05, 4.69) is 10.3 Å². The molecular formula is C28H30ClN3O4. The van der Waals surface area contributed by atoms with Gasteiger partial charge in [0, 0.05) is 18.5 Å². The Morgan fingerprint density at radius 1 is 1.11 bits per heavy atom. The van der Waals surface area contributed by atoms with Gasteiger partial charge in [0.1, 0.15) is 5.75 Å². The highest BCUT2D eigenvalue weighted by Gasteiger charge is 2.20. The smallest absolute Gasteiger partial charge is 0.255 e. The second-order valence-corrected chi connectivity index (χ2v) is 8.94. The van der Waals surface area contributed by atoms with E-state index in [4.69, 9.17) is 22.1 Å². The van der Waals surface area contributed by atoms with Crippen LogP contribution in [0.25, 0.3) is 22.0 Å². The van der Waals surface area contributed by atoms with Gasteiger partial charge >= 0.3 is 0 Å². The number of aromatic nitrogens is 1. The number of primary amides is 1. The number of carbonyl (C=O) groups excluding carboxylic acids is 2. The lowest BCUT2D eigenvalue weighted by atomic mass is 10.00. The molecular weight excluding hydrogens is 478 g/mol. The van der Waals surface area contributed by atoms with Crippen molar-refractivity contribution in [1.82, 2.24) is 10.3 Å². The number of carbonyl (C=O) groups is 2. The molecule has 36 heavy (non-hydrogen) atoms. The average molecular weight is 508 g/mol. The van der Waals surface area contributed by atoms with Crippen LogP contribution in [-0.2, 0) is 6.42 Å². The van der Waals surface area contributed by atoms with Gasteiger partial charge in [-0.2, -0.15) is 0 Å². The lowest BCUT2D eigenvalue weighted by Crippen LogP contribution is -2.39. The number of ether oxygens (including phenoxy) is 1. The number of benzene rings is 3. The van der Waals surface area contributed by atoms with E-state index in [1.807, 2.05) is 43.5 Å². The molecule has 4 aromatic rings. The molecule has 0 spiro atoms. The summed E-state index contributed by atoms with van der Waals surface area (Å²) in [4.78, 5) is 28.1. The van der Waals surface area contributed by atoms with E-state index < -0.39 is 11.9 Å². The maximum atomic E-state index is 13.4. The van der Waals surface area contributed by atoms with Crippen LogP contribution in [0, 0.1) is 0 Å². The van der Waals surface area contributed by atoms with Crippen LogP contribution in [0.1, 0.15) is 41.1 Å². The Bertz CT molecular complexity index is 1410. The molecule has 7 nitrogen and oxygen atoms in total. The number of fused-ring (bicyclic) bond motifs is 1. The number of aliphatic hydroxyl groups excluding tert-OH is 1. The lowest BCUT2D eigenvalue weighted by Gasteiger charge is -2.18. The van der Waals surface area contributed by atoms with Gasteiger partial charge in [0.15, 0.2) is 0 Å². The number of aromatic amines is 1. The first-order chi connectivity index (χ1) is 17.4. The average Bonchev–Trinajstić information content (AvgIpc) is 3.29. The van der Waals surface area contributed by atoms with Gasteiger partial charge in [-0.15, -0.1) is 0 Å². The predicted molar refractivity (Wildman–Crippen MR) is 144 cm³/mol. The fraction of sp³-hybridized carbons (Fsp3) is 0.214. The highest BCUT2D eigenvalue weighted by molar-refractivity contribution is 6.34. The van der Waals surface area contributed by atoms with Crippen LogP contribution in [0.2, 0.25) is 5.02 Å². The standard InChI is InChI=1S/C28H28ClN3O4.H2/c1-2-11-36-26-10-8-17(18-7-9-22(27(30)34)24(29)14-18)13-23(26)28(35)32-20(16-33)12-19-15-31-25-6-4-3-5-21(19)25;/h3-10,13-15,20,31,33H,2,11-12,16H2,1H3,(H2,30,34)(H,32,35);1H/t20-;/m1./s1. The van der Waals surface area contributed by atoms with E-state index in [1.54, 1.807) is 30.3 Å². The zero-order valence-corrected chi connectivity index (χ0v) is 20.6. The van der Waals surface area contributed by atoms with Gasteiger partial charge in [-0.1, -0.05) is 48.9 Å². The van der Waals surface area contributed by atoms with Crippen molar-refractivity contribution in [3.63, 3.8) is 0 Å². The molecule has 1 atom stereocenters. The normalized spacial score (nSPS) is 11.9. The molecule has 1 heterocycles. The van der Waals surface area contributed by atoms with Crippen molar-refractivity contribution in [3.05, 3.63) is 88.6 Å². The number of nitrogens with one attached hydrogen (secondary N) is 2. The summed E-state index contributed by atoms with van der Waals surface area (Å²) in [6.07, 6.45) is 3.14. The molecule has 8 heteroatoms.